The predicted octanol–water partition coefficient (Wildman–Crippen LogP) is 0.00390. The van der Waals surface area contributed by atoms with Crippen molar-refractivity contribution in [2.45, 2.75) is 12.5 Å². The largest absolute Gasteiger partial charge is 0.477 e. The quantitative estimate of drug-likeness (QED) is 0.826. The Hall–Kier alpha value is -1.67. The van der Waals surface area contributed by atoms with Gasteiger partial charge in [-0.15, -0.1) is 0 Å². The highest BCUT2D eigenvalue weighted by Crippen LogP contribution is 2.27. The molecule has 108 valence electrons. The van der Waals surface area contributed by atoms with Crippen LogP contribution in [-0.2, 0) is 10.0 Å². The van der Waals surface area contributed by atoms with Crippen molar-refractivity contribution in [2.75, 3.05) is 30.3 Å². The number of carboxylic acid groups (broad SMARTS) is 1. The number of carbonyl (C=O) groups is 1. The molecule has 2 fully saturated rings. The van der Waals surface area contributed by atoms with Crippen LogP contribution >= 0.6 is 0 Å². The van der Waals surface area contributed by atoms with Crippen LogP contribution in [0.25, 0.3) is 0 Å². The fraction of sp³-hybridized carbons (Fsp3) is 0.500. The maximum absolute atomic E-state index is 11.8. The first-order valence-electron chi connectivity index (χ1n) is 6.42. The lowest BCUT2D eigenvalue weighted by Gasteiger charge is -2.36. The van der Waals surface area contributed by atoms with E-state index in [4.69, 9.17) is 5.11 Å². The minimum atomic E-state index is -3.08. The molecule has 8 heteroatoms. The van der Waals surface area contributed by atoms with E-state index in [2.05, 4.69) is 4.98 Å². The minimum absolute atomic E-state index is 0.00368. The number of nitrogens with zero attached hydrogens (tertiary/aromatic N) is 3. The van der Waals surface area contributed by atoms with E-state index in [1.165, 1.54) is 6.07 Å². The number of fused-ring (bicyclic) bond motifs is 1. The molecule has 1 unspecified atom stereocenters. The third kappa shape index (κ3) is 2.25. The maximum atomic E-state index is 11.8. The maximum Gasteiger partial charge on any atom is 0.354 e. The second-order valence-electron chi connectivity index (χ2n) is 5.00. The Balaban J connectivity index is 1.81. The lowest BCUT2D eigenvalue weighted by Crippen LogP contribution is -2.51. The molecule has 1 N–H and O–H groups in total. The zero-order valence-corrected chi connectivity index (χ0v) is 11.6. The monoisotopic (exact) mass is 297 g/mol. The zero-order chi connectivity index (χ0) is 14.3. The van der Waals surface area contributed by atoms with E-state index >= 15 is 0 Å². The Bertz CT molecular complexity index is 646. The Labute approximate surface area is 116 Å². The molecule has 1 aromatic heterocycles. The second kappa shape index (κ2) is 4.71. The molecule has 0 saturated carbocycles. The van der Waals surface area contributed by atoms with Crippen molar-refractivity contribution in [3.05, 3.63) is 23.9 Å². The number of hydrogen-bond acceptors (Lipinski definition) is 5. The lowest BCUT2D eigenvalue weighted by atomic mass is 10.1. The smallest absolute Gasteiger partial charge is 0.354 e. The standard InChI is InChI=1S/C12H15N3O4S/c16-12(17)10-2-1-3-11(13-10)14-5-6-15-9(8-14)4-7-20(15,18)19/h1-3,9H,4-8H2,(H,16,17). The van der Waals surface area contributed by atoms with Crippen LogP contribution in [0.2, 0.25) is 0 Å². The molecule has 1 atom stereocenters. The SMILES string of the molecule is O=C(O)c1cccc(N2CCN3C(CCS3(=O)=O)C2)n1. The molecule has 3 rings (SSSR count). The minimum Gasteiger partial charge on any atom is -0.477 e. The summed E-state index contributed by atoms with van der Waals surface area (Å²) in [6, 6.07) is 4.83. The summed E-state index contributed by atoms with van der Waals surface area (Å²) in [4.78, 5) is 17.0. The van der Waals surface area contributed by atoms with Gasteiger partial charge in [0, 0.05) is 25.7 Å². The number of sulfonamides is 1. The molecule has 7 nitrogen and oxygen atoms in total. The molecular formula is C12H15N3O4S. The number of anilines is 1. The van der Waals surface area contributed by atoms with E-state index in [0.717, 1.165) is 0 Å². The van der Waals surface area contributed by atoms with Crippen molar-refractivity contribution < 1.29 is 18.3 Å². The number of hydrogen-bond donors (Lipinski definition) is 1. The second-order valence-corrected chi connectivity index (χ2v) is 7.04. The average molecular weight is 297 g/mol. The first-order valence-corrected chi connectivity index (χ1v) is 8.03. The number of pyridine rings is 1. The molecule has 0 aromatic carbocycles. The molecule has 2 aliphatic heterocycles. The summed E-state index contributed by atoms with van der Waals surface area (Å²) in [6.45, 7) is 1.53. The van der Waals surface area contributed by atoms with Gasteiger partial charge in [0.1, 0.15) is 5.82 Å². The fourth-order valence-electron chi connectivity index (χ4n) is 2.77. The topological polar surface area (TPSA) is 90.8 Å². The summed E-state index contributed by atoms with van der Waals surface area (Å²) >= 11 is 0. The van der Waals surface area contributed by atoms with Crippen molar-refractivity contribution >= 4 is 21.8 Å². The number of aromatic carboxylic acids is 1. The summed E-state index contributed by atoms with van der Waals surface area (Å²) < 4.78 is 25.2. The van der Waals surface area contributed by atoms with Crippen molar-refractivity contribution in [3.63, 3.8) is 0 Å². The highest BCUT2D eigenvalue weighted by molar-refractivity contribution is 7.89. The van der Waals surface area contributed by atoms with Gasteiger partial charge in [-0.2, -0.15) is 4.31 Å². The molecule has 0 spiro atoms. The van der Waals surface area contributed by atoms with Crippen molar-refractivity contribution in [2.24, 2.45) is 0 Å². The van der Waals surface area contributed by atoms with E-state index in [1.54, 1.807) is 16.4 Å². The first kappa shape index (κ1) is 13.3. The van der Waals surface area contributed by atoms with Gasteiger partial charge in [-0.1, -0.05) is 6.07 Å². The predicted molar refractivity (Wildman–Crippen MR) is 72.3 cm³/mol. The zero-order valence-electron chi connectivity index (χ0n) is 10.8. The van der Waals surface area contributed by atoms with Crippen molar-refractivity contribution in [3.8, 4) is 0 Å². The third-order valence-corrected chi connectivity index (χ3v) is 5.72. The van der Waals surface area contributed by atoms with E-state index < -0.39 is 16.0 Å². The van der Waals surface area contributed by atoms with E-state index in [0.29, 0.717) is 31.9 Å². The van der Waals surface area contributed by atoms with Gasteiger partial charge >= 0.3 is 5.97 Å². The Morgan fingerprint density at radius 1 is 1.35 bits per heavy atom. The third-order valence-electron chi connectivity index (χ3n) is 3.77. The van der Waals surface area contributed by atoms with E-state index in [-0.39, 0.29) is 17.5 Å². The first-order chi connectivity index (χ1) is 9.47. The average Bonchev–Trinajstić information content (AvgIpc) is 2.74. The lowest BCUT2D eigenvalue weighted by molar-refractivity contribution is 0.0690. The molecule has 2 aliphatic rings. The summed E-state index contributed by atoms with van der Waals surface area (Å²) in [5, 5.41) is 8.96. The summed E-state index contributed by atoms with van der Waals surface area (Å²) in [7, 11) is -3.08. The number of piperazine rings is 1. The van der Waals surface area contributed by atoms with Gasteiger partial charge in [0.15, 0.2) is 5.69 Å². The molecule has 0 aliphatic carbocycles. The summed E-state index contributed by atoms with van der Waals surface area (Å²) in [5.41, 5.74) is 0.00368. The van der Waals surface area contributed by atoms with Crippen LogP contribution in [0.1, 0.15) is 16.9 Å². The number of aromatic nitrogens is 1. The molecule has 0 amide bonds. The van der Waals surface area contributed by atoms with Crippen molar-refractivity contribution in [1.82, 2.24) is 9.29 Å². The van der Waals surface area contributed by atoms with Gasteiger partial charge in [0.25, 0.3) is 0 Å². The highest BCUT2D eigenvalue weighted by atomic mass is 32.2. The van der Waals surface area contributed by atoms with Crippen molar-refractivity contribution in [1.29, 1.82) is 0 Å². The Morgan fingerprint density at radius 3 is 2.90 bits per heavy atom. The van der Waals surface area contributed by atoms with Crippen LogP contribution in [0.4, 0.5) is 5.82 Å². The molecule has 0 radical (unpaired) electrons. The molecular weight excluding hydrogens is 282 g/mol. The molecule has 3 heterocycles. The van der Waals surface area contributed by atoms with Crippen LogP contribution in [0.3, 0.4) is 0 Å². The van der Waals surface area contributed by atoms with Gasteiger partial charge in [0.2, 0.25) is 10.0 Å². The van der Waals surface area contributed by atoms with Gasteiger partial charge in [0.05, 0.1) is 5.75 Å². The molecule has 1 aromatic rings. The van der Waals surface area contributed by atoms with Gasteiger partial charge in [-0.05, 0) is 18.6 Å². The molecule has 20 heavy (non-hydrogen) atoms. The van der Waals surface area contributed by atoms with Gasteiger partial charge in [-0.25, -0.2) is 18.2 Å². The van der Waals surface area contributed by atoms with Crippen LogP contribution in [-0.4, -0.2) is 60.2 Å². The van der Waals surface area contributed by atoms with Gasteiger partial charge in [-0.3, -0.25) is 0 Å². The van der Waals surface area contributed by atoms with Crippen LogP contribution < -0.4 is 4.90 Å². The van der Waals surface area contributed by atoms with Crippen LogP contribution in [0.15, 0.2) is 18.2 Å². The normalized spacial score (nSPS) is 25.4. The van der Waals surface area contributed by atoms with Gasteiger partial charge < -0.3 is 10.0 Å². The van der Waals surface area contributed by atoms with Crippen LogP contribution in [0.5, 0.6) is 0 Å². The fourth-order valence-corrected chi connectivity index (χ4v) is 4.56. The highest BCUT2D eigenvalue weighted by Gasteiger charge is 2.41. The number of carboxylic acids is 1. The van der Waals surface area contributed by atoms with E-state index in [1.807, 2.05) is 4.90 Å². The molecule has 2 saturated heterocycles. The Kier molecular flexibility index (Phi) is 3.14. The number of rotatable bonds is 2. The van der Waals surface area contributed by atoms with Crippen LogP contribution in [0, 0.1) is 0 Å². The summed E-state index contributed by atoms with van der Waals surface area (Å²) in [5.74, 6) is -0.267. The van der Waals surface area contributed by atoms with E-state index in [9.17, 15) is 13.2 Å². The molecule has 0 bridgehead atoms. The summed E-state index contributed by atoms with van der Waals surface area (Å²) in [6.07, 6.45) is 0.622. The Morgan fingerprint density at radius 2 is 2.15 bits per heavy atom.